The van der Waals surface area contributed by atoms with Crippen LogP contribution in [0.4, 0.5) is 0 Å². The highest BCUT2D eigenvalue weighted by Gasteiger charge is 2.62. The number of hydrogen-bond acceptors (Lipinski definition) is 2. The van der Waals surface area contributed by atoms with Crippen molar-refractivity contribution in [3.63, 3.8) is 0 Å². The Morgan fingerprint density at radius 1 is 1.30 bits per heavy atom. The summed E-state index contributed by atoms with van der Waals surface area (Å²) >= 11 is 0. The molecular formula is C8H12O2. The van der Waals surface area contributed by atoms with Crippen LogP contribution in [0.3, 0.4) is 0 Å². The first-order valence-electron chi connectivity index (χ1n) is 4.16. The van der Waals surface area contributed by atoms with Crippen LogP contribution in [-0.2, 0) is 4.74 Å². The van der Waals surface area contributed by atoms with E-state index < -0.39 is 0 Å². The summed E-state index contributed by atoms with van der Waals surface area (Å²) in [5.41, 5.74) is 0. The Kier molecular flexibility index (Phi) is 0.868. The first-order chi connectivity index (χ1) is 4.90. The number of aliphatic hydroxyl groups excluding tert-OH is 1. The minimum absolute atomic E-state index is 0.383. The monoisotopic (exact) mass is 140 g/mol. The second-order valence-corrected chi connectivity index (χ2v) is 3.90. The molecule has 1 saturated heterocycles. The molecule has 0 aromatic heterocycles. The average molecular weight is 140 g/mol. The lowest BCUT2D eigenvalue weighted by Gasteiger charge is -2.15. The molecule has 1 aliphatic heterocycles. The van der Waals surface area contributed by atoms with Gasteiger partial charge in [-0.15, -0.1) is 0 Å². The highest BCUT2D eigenvalue weighted by molar-refractivity contribution is 5.10. The molecule has 3 aliphatic rings. The fourth-order valence-corrected chi connectivity index (χ4v) is 2.94. The Balaban J connectivity index is 1.85. The van der Waals surface area contributed by atoms with Gasteiger partial charge in [-0.05, 0) is 30.6 Å². The van der Waals surface area contributed by atoms with Crippen LogP contribution in [-0.4, -0.2) is 23.9 Å². The third-order valence-electron chi connectivity index (χ3n) is 3.47. The molecule has 0 radical (unpaired) electrons. The van der Waals surface area contributed by atoms with E-state index in [0.717, 1.165) is 11.8 Å². The van der Waals surface area contributed by atoms with Crippen LogP contribution in [0.15, 0.2) is 0 Å². The maximum atomic E-state index is 8.97. The molecule has 0 spiro atoms. The van der Waals surface area contributed by atoms with Crippen LogP contribution in [0.1, 0.15) is 12.8 Å². The molecule has 2 nitrogen and oxygen atoms in total. The summed E-state index contributed by atoms with van der Waals surface area (Å²) in [5.74, 6) is 2.11. The molecule has 1 heterocycles. The van der Waals surface area contributed by atoms with Crippen molar-refractivity contribution in [1.29, 1.82) is 0 Å². The quantitative estimate of drug-likeness (QED) is 0.535. The normalized spacial score (nSPS) is 62.7. The molecular weight excluding hydrogens is 128 g/mol. The number of ether oxygens (including phenoxy) is 1. The maximum Gasteiger partial charge on any atom is 0.0876 e. The Bertz CT molecular complexity index is 169. The number of fused-ring (bicyclic) bond motifs is 5. The van der Waals surface area contributed by atoms with E-state index in [1.54, 1.807) is 0 Å². The van der Waals surface area contributed by atoms with Gasteiger partial charge in [0.1, 0.15) is 0 Å². The van der Waals surface area contributed by atoms with Crippen molar-refractivity contribution in [1.82, 2.24) is 0 Å². The molecule has 2 saturated carbocycles. The highest BCUT2D eigenvalue weighted by Crippen LogP contribution is 2.58. The maximum absolute atomic E-state index is 8.97. The summed E-state index contributed by atoms with van der Waals surface area (Å²) in [4.78, 5) is 0. The molecule has 2 bridgehead atoms. The summed E-state index contributed by atoms with van der Waals surface area (Å²) < 4.78 is 5.46. The lowest BCUT2D eigenvalue weighted by Crippen LogP contribution is -2.20. The summed E-state index contributed by atoms with van der Waals surface area (Å²) in [6, 6.07) is 0. The molecule has 0 aromatic rings. The van der Waals surface area contributed by atoms with Crippen molar-refractivity contribution in [2.24, 2.45) is 17.8 Å². The van der Waals surface area contributed by atoms with E-state index in [1.807, 2.05) is 0 Å². The van der Waals surface area contributed by atoms with E-state index in [-0.39, 0.29) is 0 Å². The van der Waals surface area contributed by atoms with Gasteiger partial charge in [0, 0.05) is 6.61 Å². The van der Waals surface area contributed by atoms with Crippen molar-refractivity contribution in [3.05, 3.63) is 0 Å². The lowest BCUT2D eigenvalue weighted by atomic mass is 9.90. The van der Waals surface area contributed by atoms with Crippen LogP contribution in [0.25, 0.3) is 0 Å². The third-order valence-corrected chi connectivity index (χ3v) is 3.47. The van der Waals surface area contributed by atoms with Crippen LogP contribution < -0.4 is 0 Å². The van der Waals surface area contributed by atoms with Crippen molar-refractivity contribution in [3.8, 4) is 0 Å². The summed E-state index contributed by atoms with van der Waals surface area (Å²) in [6.45, 7) is 0.383. The second-order valence-electron chi connectivity index (χ2n) is 3.90. The molecule has 0 amide bonds. The Labute approximate surface area is 60.2 Å². The van der Waals surface area contributed by atoms with E-state index >= 15 is 0 Å². The zero-order valence-corrected chi connectivity index (χ0v) is 5.86. The SMILES string of the molecule is OC[C@H]1C[C@@H]2C[C@H]1[C@@H]1O[C@H]21. The second kappa shape index (κ2) is 1.56. The Morgan fingerprint density at radius 2 is 2.20 bits per heavy atom. The zero-order valence-electron chi connectivity index (χ0n) is 5.86. The molecule has 3 rings (SSSR count). The molecule has 10 heavy (non-hydrogen) atoms. The van der Waals surface area contributed by atoms with E-state index in [4.69, 9.17) is 9.84 Å². The van der Waals surface area contributed by atoms with Crippen LogP contribution in [0.2, 0.25) is 0 Å². The van der Waals surface area contributed by atoms with Gasteiger partial charge in [0.2, 0.25) is 0 Å². The standard InChI is InChI=1S/C8H12O2/c9-3-5-1-4-2-6(5)8-7(4)10-8/h4-9H,1-3H2/t4-,5-,6-,7-,8+/m1/s1. The third kappa shape index (κ3) is 0.487. The highest BCUT2D eigenvalue weighted by atomic mass is 16.6. The minimum Gasteiger partial charge on any atom is -0.396 e. The van der Waals surface area contributed by atoms with Gasteiger partial charge in [0.25, 0.3) is 0 Å². The lowest BCUT2D eigenvalue weighted by molar-refractivity contribution is 0.173. The summed E-state index contributed by atoms with van der Waals surface area (Å²) in [5, 5.41) is 8.97. The van der Waals surface area contributed by atoms with Gasteiger partial charge in [-0.2, -0.15) is 0 Å². The van der Waals surface area contributed by atoms with E-state index in [1.165, 1.54) is 12.8 Å². The molecule has 2 aliphatic carbocycles. The average Bonchev–Trinajstić information content (AvgIpc) is 2.58. The van der Waals surface area contributed by atoms with Crippen LogP contribution in [0.5, 0.6) is 0 Å². The van der Waals surface area contributed by atoms with Gasteiger partial charge in [-0.1, -0.05) is 0 Å². The predicted octanol–water partition coefficient (Wildman–Crippen LogP) is 0.402. The first kappa shape index (κ1) is 5.56. The Hall–Kier alpha value is -0.0800. The molecule has 0 aromatic carbocycles. The minimum atomic E-state index is 0.383. The van der Waals surface area contributed by atoms with Crippen molar-refractivity contribution < 1.29 is 9.84 Å². The topological polar surface area (TPSA) is 32.8 Å². The predicted molar refractivity (Wildman–Crippen MR) is 35.5 cm³/mol. The van der Waals surface area contributed by atoms with Crippen molar-refractivity contribution in [2.75, 3.05) is 6.61 Å². The smallest absolute Gasteiger partial charge is 0.0876 e. The first-order valence-corrected chi connectivity index (χ1v) is 4.16. The molecule has 2 heteroatoms. The Morgan fingerprint density at radius 3 is 2.80 bits per heavy atom. The van der Waals surface area contributed by atoms with Crippen LogP contribution >= 0.6 is 0 Å². The summed E-state index contributed by atoms with van der Waals surface area (Å²) in [7, 11) is 0. The largest absolute Gasteiger partial charge is 0.396 e. The fraction of sp³-hybridized carbons (Fsp3) is 1.00. The van der Waals surface area contributed by atoms with E-state index in [0.29, 0.717) is 24.7 Å². The number of rotatable bonds is 1. The zero-order chi connectivity index (χ0) is 6.72. The van der Waals surface area contributed by atoms with Crippen molar-refractivity contribution in [2.45, 2.75) is 25.0 Å². The summed E-state index contributed by atoms with van der Waals surface area (Å²) in [6.07, 6.45) is 3.74. The van der Waals surface area contributed by atoms with Gasteiger partial charge in [0.15, 0.2) is 0 Å². The van der Waals surface area contributed by atoms with Gasteiger partial charge < -0.3 is 9.84 Å². The molecule has 3 fully saturated rings. The number of hydrogen-bond donors (Lipinski definition) is 1. The number of aliphatic hydroxyl groups is 1. The van der Waals surface area contributed by atoms with E-state index in [2.05, 4.69) is 0 Å². The molecule has 56 valence electrons. The molecule has 0 unspecified atom stereocenters. The van der Waals surface area contributed by atoms with Crippen LogP contribution in [0, 0.1) is 17.8 Å². The van der Waals surface area contributed by atoms with Gasteiger partial charge in [-0.25, -0.2) is 0 Å². The van der Waals surface area contributed by atoms with E-state index in [9.17, 15) is 0 Å². The molecule has 1 N–H and O–H groups in total. The fourth-order valence-electron chi connectivity index (χ4n) is 2.94. The van der Waals surface area contributed by atoms with Gasteiger partial charge in [-0.3, -0.25) is 0 Å². The van der Waals surface area contributed by atoms with Gasteiger partial charge in [0.05, 0.1) is 12.2 Å². The van der Waals surface area contributed by atoms with Gasteiger partial charge >= 0.3 is 0 Å². The van der Waals surface area contributed by atoms with Crippen molar-refractivity contribution >= 4 is 0 Å². The number of epoxide rings is 1. The molecule has 5 atom stereocenters.